The molecule has 1 aliphatic carbocycles. The van der Waals surface area contributed by atoms with E-state index in [0.717, 1.165) is 12.8 Å². The average Bonchev–Trinajstić information content (AvgIpc) is 3.11. The number of rotatable bonds is 6. The summed E-state index contributed by atoms with van der Waals surface area (Å²) in [6.07, 6.45) is 2.29. The van der Waals surface area contributed by atoms with E-state index in [-0.39, 0.29) is 11.9 Å². The van der Waals surface area contributed by atoms with Gasteiger partial charge in [0.25, 0.3) is 0 Å². The van der Waals surface area contributed by atoms with Crippen LogP contribution in [0, 0.1) is 11.8 Å². The molecule has 5 heteroatoms. The Hall–Kier alpha value is -0.910. The van der Waals surface area contributed by atoms with E-state index in [1.165, 1.54) is 4.88 Å². The Balaban J connectivity index is 1.49. The highest BCUT2D eigenvalue weighted by molar-refractivity contribution is 7.10. The zero-order valence-electron chi connectivity index (χ0n) is 12.7. The summed E-state index contributed by atoms with van der Waals surface area (Å²) < 4.78 is 0. The van der Waals surface area contributed by atoms with Gasteiger partial charge in [0.2, 0.25) is 5.91 Å². The van der Waals surface area contributed by atoms with Gasteiger partial charge in [0.1, 0.15) is 0 Å². The maximum absolute atomic E-state index is 12.2. The smallest absolute Gasteiger partial charge is 0.234 e. The SMILES string of the molecule is CC(C)C(NC(=O)CN1CC(O)(C2CC2)C1)c1cccs1. The molecular formula is C16H24N2O2S. The normalized spacial score (nSPS) is 22.9. The van der Waals surface area contributed by atoms with Gasteiger partial charge in [0.05, 0.1) is 18.2 Å². The van der Waals surface area contributed by atoms with Crippen LogP contribution in [0.2, 0.25) is 0 Å². The van der Waals surface area contributed by atoms with Gasteiger partial charge in [-0.05, 0) is 36.1 Å². The minimum Gasteiger partial charge on any atom is -0.387 e. The van der Waals surface area contributed by atoms with E-state index in [4.69, 9.17) is 0 Å². The van der Waals surface area contributed by atoms with Crippen molar-refractivity contribution in [1.29, 1.82) is 0 Å². The Kier molecular flexibility index (Phi) is 4.08. The number of β-amino-alcohol motifs (C(OH)–C–C–N with tert-alkyl or cyclic N) is 1. The van der Waals surface area contributed by atoms with Crippen molar-refractivity contribution in [3.8, 4) is 0 Å². The molecule has 2 aliphatic rings. The van der Waals surface area contributed by atoms with Crippen molar-refractivity contribution in [2.24, 2.45) is 11.8 Å². The summed E-state index contributed by atoms with van der Waals surface area (Å²) in [6.45, 7) is 5.94. The van der Waals surface area contributed by atoms with E-state index in [2.05, 4.69) is 25.2 Å². The first kappa shape index (κ1) is 15.0. The van der Waals surface area contributed by atoms with Gasteiger partial charge < -0.3 is 10.4 Å². The van der Waals surface area contributed by atoms with E-state index in [9.17, 15) is 9.90 Å². The molecule has 1 atom stereocenters. The third-order valence-electron chi connectivity index (χ3n) is 4.53. The maximum atomic E-state index is 12.2. The van der Waals surface area contributed by atoms with Crippen molar-refractivity contribution in [3.05, 3.63) is 22.4 Å². The molecule has 1 saturated heterocycles. The zero-order chi connectivity index (χ0) is 15.0. The van der Waals surface area contributed by atoms with Crippen LogP contribution in [0.4, 0.5) is 0 Å². The van der Waals surface area contributed by atoms with E-state index in [0.29, 0.717) is 31.5 Å². The van der Waals surface area contributed by atoms with Crippen molar-refractivity contribution in [2.75, 3.05) is 19.6 Å². The first-order chi connectivity index (χ1) is 9.98. The first-order valence-electron chi connectivity index (χ1n) is 7.75. The molecule has 1 aromatic heterocycles. The topological polar surface area (TPSA) is 52.6 Å². The number of hydrogen-bond donors (Lipinski definition) is 2. The molecule has 2 fully saturated rings. The molecule has 0 bridgehead atoms. The van der Waals surface area contributed by atoms with E-state index in [1.54, 1.807) is 11.3 Å². The van der Waals surface area contributed by atoms with Crippen molar-refractivity contribution >= 4 is 17.2 Å². The summed E-state index contributed by atoms with van der Waals surface area (Å²) in [4.78, 5) is 15.5. The fourth-order valence-corrected chi connectivity index (χ4v) is 4.12. The summed E-state index contributed by atoms with van der Waals surface area (Å²) >= 11 is 1.68. The second-order valence-electron chi connectivity index (χ2n) is 6.83. The lowest BCUT2D eigenvalue weighted by molar-refractivity contribution is -0.137. The monoisotopic (exact) mass is 308 g/mol. The summed E-state index contributed by atoms with van der Waals surface area (Å²) in [5, 5.41) is 15.5. The molecule has 0 radical (unpaired) electrons. The van der Waals surface area contributed by atoms with Gasteiger partial charge in [-0.25, -0.2) is 0 Å². The molecule has 0 spiro atoms. The quantitative estimate of drug-likeness (QED) is 0.845. The molecule has 21 heavy (non-hydrogen) atoms. The molecule has 116 valence electrons. The van der Waals surface area contributed by atoms with Crippen LogP contribution in [0.15, 0.2) is 17.5 Å². The van der Waals surface area contributed by atoms with Crippen LogP contribution in [-0.2, 0) is 4.79 Å². The predicted octanol–water partition coefficient (Wildman–Crippen LogP) is 2.02. The standard InChI is InChI=1S/C16H24N2O2S/c1-11(2)15(13-4-3-7-21-13)17-14(19)8-18-9-16(20,10-18)12-5-6-12/h3-4,7,11-12,15,20H,5-6,8-10H2,1-2H3,(H,17,19). The molecular weight excluding hydrogens is 284 g/mol. The number of amides is 1. The summed E-state index contributed by atoms with van der Waals surface area (Å²) in [6, 6.07) is 4.18. The second-order valence-corrected chi connectivity index (χ2v) is 7.81. The molecule has 1 aromatic rings. The van der Waals surface area contributed by atoms with Gasteiger partial charge in [0.15, 0.2) is 0 Å². The minimum atomic E-state index is -0.508. The van der Waals surface area contributed by atoms with Crippen LogP contribution in [0.25, 0.3) is 0 Å². The van der Waals surface area contributed by atoms with Crippen LogP contribution in [0.5, 0.6) is 0 Å². The average molecular weight is 308 g/mol. The molecule has 1 unspecified atom stereocenters. The van der Waals surface area contributed by atoms with Crippen molar-refractivity contribution in [2.45, 2.75) is 38.3 Å². The van der Waals surface area contributed by atoms with Crippen LogP contribution < -0.4 is 5.32 Å². The van der Waals surface area contributed by atoms with Gasteiger partial charge in [-0.3, -0.25) is 9.69 Å². The Bertz CT molecular complexity index is 490. The fraction of sp³-hybridized carbons (Fsp3) is 0.688. The van der Waals surface area contributed by atoms with Gasteiger partial charge in [-0.1, -0.05) is 19.9 Å². The number of carbonyl (C=O) groups is 1. The third kappa shape index (κ3) is 3.30. The molecule has 1 saturated carbocycles. The van der Waals surface area contributed by atoms with Gasteiger partial charge >= 0.3 is 0 Å². The van der Waals surface area contributed by atoms with Gasteiger partial charge in [-0.2, -0.15) is 0 Å². The highest BCUT2D eigenvalue weighted by atomic mass is 32.1. The molecule has 0 aromatic carbocycles. The fourth-order valence-electron chi connectivity index (χ4n) is 3.18. The van der Waals surface area contributed by atoms with Gasteiger partial charge in [0, 0.05) is 18.0 Å². The third-order valence-corrected chi connectivity index (χ3v) is 5.49. The molecule has 2 heterocycles. The first-order valence-corrected chi connectivity index (χ1v) is 8.63. The predicted molar refractivity (Wildman–Crippen MR) is 84.2 cm³/mol. The summed E-state index contributed by atoms with van der Waals surface area (Å²) in [5.41, 5.74) is -0.508. The number of nitrogens with one attached hydrogen (secondary N) is 1. The van der Waals surface area contributed by atoms with E-state index in [1.807, 2.05) is 16.3 Å². The Morgan fingerprint density at radius 3 is 2.76 bits per heavy atom. The highest BCUT2D eigenvalue weighted by Crippen LogP contribution is 2.44. The minimum absolute atomic E-state index is 0.0555. The van der Waals surface area contributed by atoms with Crippen LogP contribution in [0.1, 0.15) is 37.6 Å². The summed E-state index contributed by atoms with van der Waals surface area (Å²) in [5.74, 6) is 0.902. The number of carbonyl (C=O) groups excluding carboxylic acids is 1. The van der Waals surface area contributed by atoms with E-state index < -0.39 is 5.60 Å². The molecule has 1 aliphatic heterocycles. The largest absolute Gasteiger partial charge is 0.387 e. The van der Waals surface area contributed by atoms with Crippen LogP contribution >= 0.6 is 11.3 Å². The van der Waals surface area contributed by atoms with Crippen LogP contribution in [-0.4, -0.2) is 41.1 Å². The Morgan fingerprint density at radius 1 is 1.52 bits per heavy atom. The number of nitrogens with zero attached hydrogens (tertiary/aromatic N) is 1. The second kappa shape index (κ2) is 5.71. The Morgan fingerprint density at radius 2 is 2.24 bits per heavy atom. The highest BCUT2D eigenvalue weighted by Gasteiger charge is 2.51. The molecule has 4 nitrogen and oxygen atoms in total. The lowest BCUT2D eigenvalue weighted by Gasteiger charge is -2.46. The summed E-state index contributed by atoms with van der Waals surface area (Å²) in [7, 11) is 0. The zero-order valence-corrected chi connectivity index (χ0v) is 13.5. The maximum Gasteiger partial charge on any atom is 0.234 e. The van der Waals surface area contributed by atoms with Gasteiger partial charge in [-0.15, -0.1) is 11.3 Å². The lowest BCUT2D eigenvalue weighted by atomic mass is 9.89. The number of aliphatic hydroxyl groups is 1. The van der Waals surface area contributed by atoms with Crippen molar-refractivity contribution in [3.63, 3.8) is 0 Å². The van der Waals surface area contributed by atoms with Crippen molar-refractivity contribution < 1.29 is 9.90 Å². The molecule has 1 amide bonds. The van der Waals surface area contributed by atoms with Crippen molar-refractivity contribution in [1.82, 2.24) is 10.2 Å². The molecule has 2 N–H and O–H groups in total. The Labute approximate surface area is 130 Å². The number of likely N-dealkylation sites (tertiary alicyclic amines) is 1. The number of hydrogen-bond acceptors (Lipinski definition) is 4. The van der Waals surface area contributed by atoms with Crippen LogP contribution in [0.3, 0.4) is 0 Å². The lowest BCUT2D eigenvalue weighted by Crippen LogP contribution is -2.64. The number of thiophene rings is 1. The molecule has 3 rings (SSSR count). The van der Waals surface area contributed by atoms with E-state index >= 15 is 0 Å².